The molecule has 0 heterocycles. The summed E-state index contributed by atoms with van der Waals surface area (Å²) in [6, 6.07) is 16.5. The molecule has 1 atom stereocenters. The summed E-state index contributed by atoms with van der Waals surface area (Å²) in [7, 11) is 0. The van der Waals surface area contributed by atoms with E-state index in [1.54, 1.807) is 19.1 Å². The van der Waals surface area contributed by atoms with Gasteiger partial charge in [-0.2, -0.15) is 0 Å². The molecule has 132 valence electrons. The molecule has 25 heavy (non-hydrogen) atoms. The van der Waals surface area contributed by atoms with E-state index in [0.717, 1.165) is 11.4 Å². The highest BCUT2D eigenvalue weighted by Gasteiger charge is 2.15. The van der Waals surface area contributed by atoms with Crippen molar-refractivity contribution in [3.05, 3.63) is 54.6 Å². The van der Waals surface area contributed by atoms with Gasteiger partial charge in [-0.15, -0.1) is 11.8 Å². The Kier molecular flexibility index (Phi) is 7.35. The Morgan fingerprint density at radius 3 is 2.28 bits per heavy atom. The van der Waals surface area contributed by atoms with Crippen LogP contribution in [0.15, 0.2) is 54.6 Å². The van der Waals surface area contributed by atoms with Crippen LogP contribution < -0.4 is 15.4 Å². The van der Waals surface area contributed by atoms with Crippen molar-refractivity contribution >= 4 is 35.0 Å². The quantitative estimate of drug-likeness (QED) is 0.753. The van der Waals surface area contributed by atoms with Crippen molar-refractivity contribution < 1.29 is 14.3 Å². The summed E-state index contributed by atoms with van der Waals surface area (Å²) in [6.07, 6.45) is 0. The van der Waals surface area contributed by atoms with E-state index < -0.39 is 0 Å². The largest absolute Gasteiger partial charge is 0.494 e. The van der Waals surface area contributed by atoms with Gasteiger partial charge in [-0.05, 0) is 50.2 Å². The molecule has 0 fully saturated rings. The first-order valence-corrected chi connectivity index (χ1v) is 9.13. The molecule has 2 aromatic rings. The van der Waals surface area contributed by atoms with Crippen molar-refractivity contribution in [2.24, 2.45) is 0 Å². The van der Waals surface area contributed by atoms with E-state index in [0.29, 0.717) is 12.3 Å². The summed E-state index contributed by atoms with van der Waals surface area (Å²) in [5.74, 6) is 0.714. The summed E-state index contributed by atoms with van der Waals surface area (Å²) in [5, 5.41) is 5.30. The summed E-state index contributed by atoms with van der Waals surface area (Å²) < 4.78 is 5.37. The molecule has 0 aliphatic rings. The van der Waals surface area contributed by atoms with Crippen LogP contribution >= 0.6 is 11.8 Å². The number of hydrogen-bond donors (Lipinski definition) is 2. The van der Waals surface area contributed by atoms with Crippen molar-refractivity contribution in [3.63, 3.8) is 0 Å². The van der Waals surface area contributed by atoms with Gasteiger partial charge in [0, 0.05) is 11.4 Å². The van der Waals surface area contributed by atoms with Gasteiger partial charge >= 0.3 is 0 Å². The van der Waals surface area contributed by atoms with Crippen LogP contribution in [-0.2, 0) is 9.59 Å². The first-order chi connectivity index (χ1) is 12.1. The fourth-order valence-electron chi connectivity index (χ4n) is 2.04. The van der Waals surface area contributed by atoms with Crippen molar-refractivity contribution in [3.8, 4) is 5.75 Å². The lowest BCUT2D eigenvalue weighted by Crippen LogP contribution is -2.25. The summed E-state index contributed by atoms with van der Waals surface area (Å²) in [6.45, 7) is 4.30. The monoisotopic (exact) mass is 358 g/mol. The van der Waals surface area contributed by atoms with Crippen LogP contribution in [-0.4, -0.2) is 29.4 Å². The highest BCUT2D eigenvalue weighted by molar-refractivity contribution is 8.01. The second-order valence-electron chi connectivity index (χ2n) is 5.31. The molecule has 0 bridgehead atoms. The molecule has 5 nitrogen and oxygen atoms in total. The number of carbonyl (C=O) groups excluding carboxylic acids is 2. The number of carbonyl (C=O) groups is 2. The smallest absolute Gasteiger partial charge is 0.237 e. The van der Waals surface area contributed by atoms with Crippen LogP contribution in [0.1, 0.15) is 13.8 Å². The number of ether oxygens (including phenoxy) is 1. The lowest BCUT2D eigenvalue weighted by Gasteiger charge is -2.12. The Bertz CT molecular complexity index is 690. The number of thioether (sulfide) groups is 1. The zero-order valence-electron chi connectivity index (χ0n) is 14.3. The molecule has 0 saturated heterocycles. The first kappa shape index (κ1) is 18.9. The minimum absolute atomic E-state index is 0.128. The molecule has 0 spiro atoms. The minimum atomic E-state index is -0.340. The standard InChI is InChI=1S/C19H22N2O3S/c1-3-24-17-11-9-16(10-12-17)21-19(23)14(2)25-13-18(22)20-15-7-5-4-6-8-15/h4-12,14H,3,13H2,1-2H3,(H,20,22)(H,21,23)/t14-/m0/s1. The van der Waals surface area contributed by atoms with Crippen molar-refractivity contribution in [2.75, 3.05) is 23.0 Å². The predicted octanol–water partition coefficient (Wildman–Crippen LogP) is 3.78. The molecule has 2 aromatic carbocycles. The normalized spacial score (nSPS) is 11.4. The molecule has 0 radical (unpaired) electrons. The van der Waals surface area contributed by atoms with Crippen molar-refractivity contribution in [1.82, 2.24) is 0 Å². The average molecular weight is 358 g/mol. The third-order valence-corrected chi connectivity index (χ3v) is 4.47. The third kappa shape index (κ3) is 6.51. The van der Waals surface area contributed by atoms with Crippen LogP contribution in [0.25, 0.3) is 0 Å². The number of amides is 2. The SMILES string of the molecule is CCOc1ccc(NC(=O)[C@H](C)SCC(=O)Nc2ccccc2)cc1. The molecule has 2 rings (SSSR count). The van der Waals surface area contributed by atoms with Crippen molar-refractivity contribution in [1.29, 1.82) is 0 Å². The Hall–Kier alpha value is -2.47. The number of nitrogens with one attached hydrogen (secondary N) is 2. The third-order valence-electron chi connectivity index (χ3n) is 3.32. The number of rotatable bonds is 8. The second-order valence-corrected chi connectivity index (χ2v) is 6.64. The predicted molar refractivity (Wildman–Crippen MR) is 103 cm³/mol. The molecule has 6 heteroatoms. The molecular weight excluding hydrogens is 336 g/mol. The van der Waals surface area contributed by atoms with Gasteiger partial charge < -0.3 is 15.4 Å². The van der Waals surface area contributed by atoms with E-state index >= 15 is 0 Å². The van der Waals surface area contributed by atoms with Crippen LogP contribution in [0.5, 0.6) is 5.75 Å². The fraction of sp³-hybridized carbons (Fsp3) is 0.263. The van der Waals surface area contributed by atoms with Crippen LogP contribution in [0.2, 0.25) is 0 Å². The van der Waals surface area contributed by atoms with E-state index in [4.69, 9.17) is 4.74 Å². The van der Waals surface area contributed by atoms with E-state index in [1.165, 1.54) is 11.8 Å². The molecule has 0 unspecified atom stereocenters. The summed E-state index contributed by atoms with van der Waals surface area (Å²) in [4.78, 5) is 24.1. The molecule has 0 saturated carbocycles. The van der Waals surface area contributed by atoms with Gasteiger partial charge in [0.25, 0.3) is 0 Å². The van der Waals surface area contributed by atoms with Gasteiger partial charge in [0.2, 0.25) is 11.8 Å². The van der Waals surface area contributed by atoms with Gasteiger partial charge in [0.05, 0.1) is 17.6 Å². The summed E-state index contributed by atoms with van der Waals surface area (Å²) in [5.41, 5.74) is 1.45. The first-order valence-electron chi connectivity index (χ1n) is 8.08. The fourth-order valence-corrected chi connectivity index (χ4v) is 2.72. The number of para-hydroxylation sites is 1. The lowest BCUT2D eigenvalue weighted by molar-refractivity contribution is -0.115. The molecular formula is C19H22N2O3S. The summed E-state index contributed by atoms with van der Waals surface area (Å²) >= 11 is 1.29. The van der Waals surface area contributed by atoms with Crippen LogP contribution in [0, 0.1) is 0 Å². The minimum Gasteiger partial charge on any atom is -0.494 e. The van der Waals surface area contributed by atoms with Crippen molar-refractivity contribution in [2.45, 2.75) is 19.1 Å². The van der Waals surface area contributed by atoms with Crippen LogP contribution in [0.3, 0.4) is 0 Å². The molecule has 0 aliphatic carbocycles. The maximum Gasteiger partial charge on any atom is 0.237 e. The highest BCUT2D eigenvalue weighted by Crippen LogP contribution is 2.18. The van der Waals surface area contributed by atoms with Gasteiger partial charge in [-0.3, -0.25) is 9.59 Å². The molecule has 2 N–H and O–H groups in total. The topological polar surface area (TPSA) is 67.4 Å². The Morgan fingerprint density at radius 1 is 1.00 bits per heavy atom. The Labute approximate surface area is 152 Å². The van der Waals surface area contributed by atoms with E-state index in [-0.39, 0.29) is 22.8 Å². The average Bonchev–Trinajstić information content (AvgIpc) is 2.62. The number of hydrogen-bond acceptors (Lipinski definition) is 4. The van der Waals surface area contributed by atoms with Gasteiger partial charge in [-0.1, -0.05) is 18.2 Å². The lowest BCUT2D eigenvalue weighted by atomic mass is 10.3. The van der Waals surface area contributed by atoms with Gasteiger partial charge in [0.1, 0.15) is 5.75 Å². The number of anilines is 2. The van der Waals surface area contributed by atoms with Gasteiger partial charge in [-0.25, -0.2) is 0 Å². The maximum atomic E-state index is 12.2. The zero-order chi connectivity index (χ0) is 18.1. The second kappa shape index (κ2) is 9.74. The Morgan fingerprint density at radius 2 is 1.64 bits per heavy atom. The molecule has 0 aromatic heterocycles. The molecule has 0 aliphatic heterocycles. The number of benzene rings is 2. The Balaban J connectivity index is 1.76. The van der Waals surface area contributed by atoms with E-state index in [2.05, 4.69) is 10.6 Å². The maximum absolute atomic E-state index is 12.2. The highest BCUT2D eigenvalue weighted by atomic mass is 32.2. The molecule has 2 amide bonds. The van der Waals surface area contributed by atoms with E-state index in [1.807, 2.05) is 49.4 Å². The van der Waals surface area contributed by atoms with E-state index in [9.17, 15) is 9.59 Å². The van der Waals surface area contributed by atoms with Crippen LogP contribution in [0.4, 0.5) is 11.4 Å². The zero-order valence-corrected chi connectivity index (χ0v) is 15.1. The van der Waals surface area contributed by atoms with Gasteiger partial charge in [0.15, 0.2) is 0 Å².